The smallest absolute Gasteiger partial charge is 0.224 e. The Hall–Kier alpha value is -1.44. The van der Waals surface area contributed by atoms with Gasteiger partial charge in [0.25, 0.3) is 0 Å². The van der Waals surface area contributed by atoms with Crippen LogP contribution in [0.1, 0.15) is 18.4 Å². The third-order valence-corrected chi connectivity index (χ3v) is 5.34. The molecule has 0 radical (unpaired) electrons. The Morgan fingerprint density at radius 3 is 3.21 bits per heavy atom. The van der Waals surface area contributed by atoms with Gasteiger partial charge in [-0.25, -0.2) is 4.98 Å². The maximum atomic E-state index is 12.2. The van der Waals surface area contributed by atoms with Crippen LogP contribution in [-0.2, 0) is 11.2 Å². The molecule has 0 bridgehead atoms. The molecule has 1 atom stereocenters. The minimum absolute atomic E-state index is 0.0284. The number of rotatable bonds is 7. The second-order valence-corrected chi connectivity index (χ2v) is 7.21. The van der Waals surface area contributed by atoms with Gasteiger partial charge >= 0.3 is 0 Å². The van der Waals surface area contributed by atoms with Crippen molar-refractivity contribution < 1.29 is 9.90 Å². The highest BCUT2D eigenvalue weighted by atomic mass is 79.9. The molecule has 1 fully saturated rings. The summed E-state index contributed by atoms with van der Waals surface area (Å²) in [5.74, 6) is 0.628. The van der Waals surface area contributed by atoms with Gasteiger partial charge in [0.1, 0.15) is 0 Å². The van der Waals surface area contributed by atoms with Crippen LogP contribution in [0.3, 0.4) is 0 Å². The van der Waals surface area contributed by atoms with Crippen molar-refractivity contribution in [1.29, 1.82) is 0 Å². The van der Waals surface area contributed by atoms with Gasteiger partial charge in [-0.05, 0) is 43.0 Å². The van der Waals surface area contributed by atoms with E-state index in [0.717, 1.165) is 53.5 Å². The summed E-state index contributed by atoms with van der Waals surface area (Å²) in [6, 6.07) is 3.89. The van der Waals surface area contributed by atoms with E-state index in [1.807, 2.05) is 12.1 Å². The van der Waals surface area contributed by atoms with Gasteiger partial charge in [0.2, 0.25) is 5.91 Å². The number of aliphatic hydroxyl groups is 1. The summed E-state index contributed by atoms with van der Waals surface area (Å²) in [5, 5.41) is 12.0. The topological polar surface area (TPSA) is 81.2 Å². The van der Waals surface area contributed by atoms with Gasteiger partial charge in [0.15, 0.2) is 0 Å². The predicted octanol–water partition coefficient (Wildman–Crippen LogP) is 1.69. The number of hydrogen-bond acceptors (Lipinski definition) is 4. The van der Waals surface area contributed by atoms with Gasteiger partial charge in [0, 0.05) is 30.7 Å². The lowest BCUT2D eigenvalue weighted by Gasteiger charge is -2.16. The average Bonchev–Trinajstić information content (AvgIpc) is 3.17. The van der Waals surface area contributed by atoms with Crippen molar-refractivity contribution in [3.8, 4) is 0 Å². The van der Waals surface area contributed by atoms with Crippen LogP contribution in [0, 0.1) is 5.92 Å². The number of imidazole rings is 1. The first kappa shape index (κ1) is 17.4. The number of hydrogen-bond donors (Lipinski definition) is 3. The molecule has 0 saturated carbocycles. The van der Waals surface area contributed by atoms with Gasteiger partial charge in [-0.15, -0.1) is 0 Å². The van der Waals surface area contributed by atoms with Gasteiger partial charge < -0.3 is 20.3 Å². The number of nitrogens with one attached hydrogen (secondary N) is 2. The highest BCUT2D eigenvalue weighted by Crippen LogP contribution is 2.23. The van der Waals surface area contributed by atoms with Crippen molar-refractivity contribution in [2.24, 2.45) is 5.92 Å². The zero-order valence-corrected chi connectivity index (χ0v) is 15.2. The van der Waals surface area contributed by atoms with Gasteiger partial charge in [-0.1, -0.05) is 15.9 Å². The van der Waals surface area contributed by atoms with Crippen LogP contribution in [-0.4, -0.2) is 58.7 Å². The summed E-state index contributed by atoms with van der Waals surface area (Å²) in [6.07, 6.45) is 4.03. The van der Waals surface area contributed by atoms with E-state index in [2.05, 4.69) is 36.1 Å². The van der Waals surface area contributed by atoms with E-state index < -0.39 is 0 Å². The first-order valence-corrected chi connectivity index (χ1v) is 9.16. The first-order chi connectivity index (χ1) is 11.7. The molecule has 2 heterocycles. The molecule has 1 aliphatic heterocycles. The fourth-order valence-corrected chi connectivity index (χ4v) is 3.73. The van der Waals surface area contributed by atoms with Crippen molar-refractivity contribution >= 4 is 32.9 Å². The molecule has 7 heteroatoms. The quantitative estimate of drug-likeness (QED) is 0.667. The van der Waals surface area contributed by atoms with Gasteiger partial charge in [0.05, 0.1) is 23.8 Å². The largest absolute Gasteiger partial charge is 0.396 e. The third-order valence-electron chi connectivity index (χ3n) is 4.60. The Bertz CT molecular complexity index is 703. The molecule has 0 aliphatic carbocycles. The van der Waals surface area contributed by atoms with E-state index in [9.17, 15) is 4.79 Å². The lowest BCUT2D eigenvalue weighted by atomic mass is 10.1. The Labute approximate surface area is 149 Å². The molecule has 1 aliphatic rings. The fraction of sp³-hybridized carbons (Fsp3) is 0.529. The molecule has 6 nitrogen and oxygen atoms in total. The Kier molecular flexibility index (Phi) is 5.86. The number of benzene rings is 1. The maximum Gasteiger partial charge on any atom is 0.224 e. The molecule has 130 valence electrons. The van der Waals surface area contributed by atoms with Crippen LogP contribution in [0.5, 0.6) is 0 Å². The fourth-order valence-electron chi connectivity index (χ4n) is 3.26. The molecule has 1 amide bonds. The van der Waals surface area contributed by atoms with E-state index in [1.165, 1.54) is 0 Å². The number of likely N-dealkylation sites (tertiary alicyclic amines) is 1. The van der Waals surface area contributed by atoms with E-state index in [-0.39, 0.29) is 12.5 Å². The zero-order valence-electron chi connectivity index (χ0n) is 13.6. The Balaban J connectivity index is 1.44. The zero-order chi connectivity index (χ0) is 16.9. The first-order valence-electron chi connectivity index (χ1n) is 8.37. The molecule has 3 rings (SSSR count). The molecule has 0 spiro atoms. The number of H-pyrrole nitrogens is 1. The highest BCUT2D eigenvalue weighted by Gasteiger charge is 2.21. The number of aromatic amines is 1. The Morgan fingerprint density at radius 1 is 1.50 bits per heavy atom. The molecule has 1 saturated heterocycles. The maximum absolute atomic E-state index is 12.2. The monoisotopic (exact) mass is 394 g/mol. The number of carbonyl (C=O) groups is 1. The highest BCUT2D eigenvalue weighted by molar-refractivity contribution is 9.10. The van der Waals surface area contributed by atoms with E-state index in [0.29, 0.717) is 18.9 Å². The lowest BCUT2D eigenvalue weighted by Crippen LogP contribution is -2.34. The van der Waals surface area contributed by atoms with Crippen LogP contribution in [0.4, 0.5) is 0 Å². The number of amides is 1. The van der Waals surface area contributed by atoms with Crippen molar-refractivity contribution in [3.05, 3.63) is 28.5 Å². The summed E-state index contributed by atoms with van der Waals surface area (Å²) in [5.41, 5.74) is 2.78. The van der Waals surface area contributed by atoms with Crippen LogP contribution < -0.4 is 5.32 Å². The summed E-state index contributed by atoms with van der Waals surface area (Å²) >= 11 is 3.51. The van der Waals surface area contributed by atoms with E-state index in [1.54, 1.807) is 6.33 Å². The van der Waals surface area contributed by atoms with Crippen molar-refractivity contribution in [3.63, 3.8) is 0 Å². The standard InChI is InChI=1S/C17H23BrN4O2/c18-14-9-16-15(20-11-21-16)7-13(14)8-17(24)19-3-5-22-4-1-12(10-22)2-6-23/h7,9,11-12,23H,1-6,8,10H2,(H,19,24)(H,20,21). The van der Waals surface area contributed by atoms with Crippen LogP contribution in [0.25, 0.3) is 11.0 Å². The van der Waals surface area contributed by atoms with Crippen LogP contribution in [0.15, 0.2) is 22.9 Å². The summed E-state index contributed by atoms with van der Waals surface area (Å²) in [7, 11) is 0. The molecular weight excluding hydrogens is 372 g/mol. The molecule has 24 heavy (non-hydrogen) atoms. The summed E-state index contributed by atoms with van der Waals surface area (Å²) in [4.78, 5) is 21.8. The minimum atomic E-state index is 0.0284. The second kappa shape index (κ2) is 8.09. The number of aliphatic hydroxyl groups excluding tert-OH is 1. The normalized spacial score (nSPS) is 18.3. The van der Waals surface area contributed by atoms with E-state index in [4.69, 9.17) is 5.11 Å². The van der Waals surface area contributed by atoms with Crippen molar-refractivity contribution in [2.75, 3.05) is 32.8 Å². The molecule has 1 aromatic heterocycles. The second-order valence-electron chi connectivity index (χ2n) is 6.36. The number of aromatic nitrogens is 2. The summed E-state index contributed by atoms with van der Waals surface area (Å²) in [6.45, 7) is 3.88. The third kappa shape index (κ3) is 4.34. The number of carbonyl (C=O) groups excluding carboxylic acids is 1. The number of halogens is 1. The van der Waals surface area contributed by atoms with Gasteiger partial charge in [-0.3, -0.25) is 4.79 Å². The van der Waals surface area contributed by atoms with Crippen molar-refractivity contribution in [2.45, 2.75) is 19.3 Å². The lowest BCUT2D eigenvalue weighted by molar-refractivity contribution is -0.120. The van der Waals surface area contributed by atoms with E-state index >= 15 is 0 Å². The predicted molar refractivity (Wildman–Crippen MR) is 96.8 cm³/mol. The SMILES string of the molecule is O=C(Cc1cc2[nH]cnc2cc1Br)NCCN1CCC(CCO)C1. The molecule has 1 aromatic carbocycles. The van der Waals surface area contributed by atoms with Crippen LogP contribution in [0.2, 0.25) is 0 Å². The minimum Gasteiger partial charge on any atom is -0.396 e. The van der Waals surface area contributed by atoms with Gasteiger partial charge in [-0.2, -0.15) is 0 Å². The van der Waals surface area contributed by atoms with Crippen molar-refractivity contribution in [1.82, 2.24) is 20.2 Å². The Morgan fingerprint density at radius 2 is 2.38 bits per heavy atom. The van der Waals surface area contributed by atoms with Crippen LogP contribution >= 0.6 is 15.9 Å². The summed E-state index contributed by atoms with van der Waals surface area (Å²) < 4.78 is 0.906. The average molecular weight is 395 g/mol. The molecule has 2 aromatic rings. The number of nitrogens with zero attached hydrogens (tertiary/aromatic N) is 2. The molecular formula is C17H23BrN4O2. The number of fused-ring (bicyclic) bond motifs is 1. The molecule has 1 unspecified atom stereocenters. The molecule has 3 N–H and O–H groups in total.